The molecule has 2 N–H and O–H groups in total. The van der Waals surface area contributed by atoms with Gasteiger partial charge in [-0.3, -0.25) is 9.59 Å². The highest BCUT2D eigenvalue weighted by molar-refractivity contribution is 5.89. The van der Waals surface area contributed by atoms with Gasteiger partial charge in [-0.25, -0.2) is 0 Å². The lowest BCUT2D eigenvalue weighted by Crippen LogP contribution is -2.37. The molecular weight excluding hydrogens is 275 g/mol. The van der Waals surface area contributed by atoms with Gasteiger partial charge < -0.3 is 15.2 Å². The molecule has 1 atom stereocenters. The van der Waals surface area contributed by atoms with E-state index in [1.54, 1.807) is 18.5 Å². The fourth-order valence-corrected chi connectivity index (χ4v) is 2.12. The number of halogens is 3. The van der Waals surface area contributed by atoms with Crippen LogP contribution in [0.2, 0.25) is 0 Å². The molecule has 2 heterocycles. The SMILES string of the molecule is O=C(NCc1cc[nH]c1)C1CC(=O)N(CC(F)(F)F)C1. The van der Waals surface area contributed by atoms with E-state index in [0.29, 0.717) is 4.90 Å². The van der Waals surface area contributed by atoms with E-state index in [0.717, 1.165) is 5.56 Å². The van der Waals surface area contributed by atoms with Gasteiger partial charge in [0, 0.05) is 31.9 Å². The van der Waals surface area contributed by atoms with Crippen molar-refractivity contribution >= 4 is 11.8 Å². The first-order valence-electron chi connectivity index (χ1n) is 6.09. The summed E-state index contributed by atoms with van der Waals surface area (Å²) in [6, 6.07) is 1.77. The fourth-order valence-electron chi connectivity index (χ4n) is 2.12. The number of rotatable bonds is 4. The monoisotopic (exact) mass is 289 g/mol. The standard InChI is InChI=1S/C12H14F3N3O2/c13-12(14,15)7-18-6-9(3-10(18)19)11(20)17-5-8-1-2-16-4-8/h1-2,4,9,16H,3,5-7H2,(H,17,20). The highest BCUT2D eigenvalue weighted by atomic mass is 19.4. The van der Waals surface area contributed by atoms with E-state index < -0.39 is 30.5 Å². The average Bonchev–Trinajstić information content (AvgIpc) is 2.95. The number of hydrogen-bond acceptors (Lipinski definition) is 2. The first-order valence-corrected chi connectivity index (χ1v) is 6.09. The molecule has 0 saturated carbocycles. The van der Waals surface area contributed by atoms with Crippen molar-refractivity contribution < 1.29 is 22.8 Å². The van der Waals surface area contributed by atoms with E-state index in [4.69, 9.17) is 0 Å². The third-order valence-electron chi connectivity index (χ3n) is 3.08. The van der Waals surface area contributed by atoms with Crippen LogP contribution in [0.4, 0.5) is 13.2 Å². The van der Waals surface area contributed by atoms with Crippen molar-refractivity contribution in [1.82, 2.24) is 15.2 Å². The van der Waals surface area contributed by atoms with Gasteiger partial charge in [0.1, 0.15) is 6.54 Å². The van der Waals surface area contributed by atoms with Crippen molar-refractivity contribution in [3.05, 3.63) is 24.0 Å². The molecule has 1 aromatic rings. The third kappa shape index (κ3) is 3.75. The van der Waals surface area contributed by atoms with Crippen molar-refractivity contribution in [3.8, 4) is 0 Å². The molecule has 2 rings (SSSR count). The molecule has 1 aromatic heterocycles. The third-order valence-corrected chi connectivity index (χ3v) is 3.08. The molecular formula is C12H14F3N3O2. The van der Waals surface area contributed by atoms with Crippen LogP contribution in [-0.4, -0.2) is 41.0 Å². The zero-order valence-corrected chi connectivity index (χ0v) is 10.5. The second kappa shape index (κ2) is 5.56. The van der Waals surface area contributed by atoms with Gasteiger partial charge in [0.05, 0.1) is 5.92 Å². The lowest BCUT2D eigenvalue weighted by atomic mass is 10.1. The number of carbonyl (C=O) groups excluding carboxylic acids is 2. The van der Waals surface area contributed by atoms with Crippen LogP contribution < -0.4 is 5.32 Å². The lowest BCUT2D eigenvalue weighted by Gasteiger charge is -2.18. The molecule has 1 fully saturated rings. The van der Waals surface area contributed by atoms with Crippen LogP contribution >= 0.6 is 0 Å². The van der Waals surface area contributed by atoms with Gasteiger partial charge in [-0.15, -0.1) is 0 Å². The number of amides is 2. The molecule has 20 heavy (non-hydrogen) atoms. The number of nitrogens with one attached hydrogen (secondary N) is 2. The molecule has 1 unspecified atom stereocenters. The Morgan fingerprint density at radius 3 is 2.85 bits per heavy atom. The maximum Gasteiger partial charge on any atom is 0.406 e. The van der Waals surface area contributed by atoms with Gasteiger partial charge in [0.25, 0.3) is 0 Å². The molecule has 5 nitrogen and oxygen atoms in total. The molecule has 0 spiro atoms. The molecule has 2 amide bonds. The van der Waals surface area contributed by atoms with Crippen molar-refractivity contribution in [2.24, 2.45) is 5.92 Å². The fraction of sp³-hybridized carbons (Fsp3) is 0.500. The average molecular weight is 289 g/mol. The first-order chi connectivity index (χ1) is 9.35. The lowest BCUT2D eigenvalue weighted by molar-refractivity contribution is -0.157. The quantitative estimate of drug-likeness (QED) is 0.870. The summed E-state index contributed by atoms with van der Waals surface area (Å²) in [6.07, 6.45) is -1.21. The van der Waals surface area contributed by atoms with Crippen molar-refractivity contribution in [1.29, 1.82) is 0 Å². The highest BCUT2D eigenvalue weighted by Gasteiger charge is 2.40. The predicted molar refractivity (Wildman–Crippen MR) is 63.4 cm³/mol. The predicted octanol–water partition coefficient (Wildman–Crippen LogP) is 1.04. The highest BCUT2D eigenvalue weighted by Crippen LogP contribution is 2.23. The summed E-state index contributed by atoms with van der Waals surface area (Å²) in [5.74, 6) is -1.75. The molecule has 0 bridgehead atoms. The Labute approximate surface area is 113 Å². The summed E-state index contributed by atoms with van der Waals surface area (Å²) in [4.78, 5) is 26.8. The molecule has 0 aromatic carbocycles. The molecule has 8 heteroatoms. The molecule has 0 aliphatic carbocycles. The van der Waals surface area contributed by atoms with Gasteiger partial charge in [-0.1, -0.05) is 0 Å². The normalized spacial score (nSPS) is 19.4. The number of aromatic amines is 1. The number of nitrogens with zero attached hydrogens (tertiary/aromatic N) is 1. The Hall–Kier alpha value is -1.99. The molecule has 110 valence electrons. The Kier molecular flexibility index (Phi) is 4.01. The summed E-state index contributed by atoms with van der Waals surface area (Å²) < 4.78 is 36.7. The zero-order valence-electron chi connectivity index (χ0n) is 10.5. The van der Waals surface area contributed by atoms with Crippen molar-refractivity contribution in [2.75, 3.05) is 13.1 Å². The van der Waals surface area contributed by atoms with Gasteiger partial charge in [-0.05, 0) is 11.6 Å². The summed E-state index contributed by atoms with van der Waals surface area (Å²) in [7, 11) is 0. The van der Waals surface area contributed by atoms with Crippen molar-refractivity contribution in [3.63, 3.8) is 0 Å². The Bertz CT molecular complexity index is 485. The second-order valence-corrected chi connectivity index (χ2v) is 4.73. The van der Waals surface area contributed by atoms with E-state index in [2.05, 4.69) is 10.3 Å². The largest absolute Gasteiger partial charge is 0.406 e. The topological polar surface area (TPSA) is 65.2 Å². The van der Waals surface area contributed by atoms with Crippen LogP contribution in [0.15, 0.2) is 18.5 Å². The number of hydrogen-bond donors (Lipinski definition) is 2. The van der Waals surface area contributed by atoms with E-state index in [1.807, 2.05) is 0 Å². The minimum atomic E-state index is -4.44. The summed E-state index contributed by atoms with van der Waals surface area (Å²) in [5, 5.41) is 2.61. The van der Waals surface area contributed by atoms with Crippen LogP contribution in [0.1, 0.15) is 12.0 Å². The van der Waals surface area contributed by atoms with Crippen molar-refractivity contribution in [2.45, 2.75) is 19.1 Å². The second-order valence-electron chi connectivity index (χ2n) is 4.73. The maximum atomic E-state index is 12.2. The Morgan fingerprint density at radius 1 is 1.50 bits per heavy atom. The van der Waals surface area contributed by atoms with Gasteiger partial charge in [-0.2, -0.15) is 13.2 Å². The van der Waals surface area contributed by atoms with Gasteiger partial charge in [0.2, 0.25) is 11.8 Å². The van der Waals surface area contributed by atoms with E-state index in [1.165, 1.54) is 0 Å². The van der Waals surface area contributed by atoms with Gasteiger partial charge in [0.15, 0.2) is 0 Å². The Morgan fingerprint density at radius 2 is 2.25 bits per heavy atom. The van der Waals surface area contributed by atoms with Crippen LogP contribution in [0.5, 0.6) is 0 Å². The van der Waals surface area contributed by atoms with E-state index >= 15 is 0 Å². The van der Waals surface area contributed by atoms with Crippen LogP contribution in [-0.2, 0) is 16.1 Å². The first kappa shape index (κ1) is 14.4. The van der Waals surface area contributed by atoms with Crippen LogP contribution in [0, 0.1) is 5.92 Å². The van der Waals surface area contributed by atoms with Crippen LogP contribution in [0.25, 0.3) is 0 Å². The smallest absolute Gasteiger partial charge is 0.367 e. The molecule has 1 saturated heterocycles. The number of aromatic nitrogens is 1. The maximum absolute atomic E-state index is 12.2. The molecule has 1 aliphatic heterocycles. The summed E-state index contributed by atoms with van der Waals surface area (Å²) >= 11 is 0. The van der Waals surface area contributed by atoms with Crippen LogP contribution in [0.3, 0.4) is 0 Å². The Balaban J connectivity index is 1.84. The van der Waals surface area contributed by atoms with E-state index in [9.17, 15) is 22.8 Å². The number of carbonyl (C=O) groups is 2. The van der Waals surface area contributed by atoms with E-state index in [-0.39, 0.29) is 19.5 Å². The number of alkyl halides is 3. The number of likely N-dealkylation sites (tertiary alicyclic amines) is 1. The number of H-pyrrole nitrogens is 1. The zero-order chi connectivity index (χ0) is 14.8. The summed E-state index contributed by atoms with van der Waals surface area (Å²) in [5.41, 5.74) is 0.856. The summed E-state index contributed by atoms with van der Waals surface area (Å²) in [6.45, 7) is -1.20. The van der Waals surface area contributed by atoms with Gasteiger partial charge >= 0.3 is 6.18 Å². The molecule has 1 aliphatic rings. The minimum absolute atomic E-state index is 0.172. The molecule has 0 radical (unpaired) electrons. The minimum Gasteiger partial charge on any atom is -0.367 e.